The third-order valence-electron chi connectivity index (χ3n) is 2.69. The average molecular weight is 238 g/mol. The minimum Gasteiger partial charge on any atom is -0.393 e. The largest absolute Gasteiger partial charge is 0.393 e. The first-order chi connectivity index (χ1) is 7.66. The van der Waals surface area contributed by atoms with Crippen molar-refractivity contribution in [1.29, 1.82) is 0 Å². The number of hydrogen-bond donors (Lipinski definition) is 1. The van der Waals surface area contributed by atoms with Crippen LogP contribution < -0.4 is 5.73 Å². The van der Waals surface area contributed by atoms with Crippen molar-refractivity contribution in [2.75, 3.05) is 11.5 Å². The van der Waals surface area contributed by atoms with Crippen molar-refractivity contribution in [1.82, 2.24) is 0 Å². The first-order valence-electron chi connectivity index (χ1n) is 5.33. The van der Waals surface area contributed by atoms with Gasteiger partial charge in [-0.25, -0.2) is 0 Å². The van der Waals surface area contributed by atoms with E-state index in [1.54, 1.807) is 23.9 Å². The van der Waals surface area contributed by atoms with Crippen LogP contribution in [0.2, 0.25) is 0 Å². The predicted octanol–water partition coefficient (Wildman–Crippen LogP) is 3.07. The molecule has 5 heteroatoms. The van der Waals surface area contributed by atoms with E-state index in [0.717, 1.165) is 16.6 Å². The molecule has 0 aliphatic heterocycles. The molecule has 0 spiro atoms. The Hall–Kier alpha value is -1.23. The van der Waals surface area contributed by atoms with E-state index < -0.39 is 4.92 Å². The molecule has 1 aromatic carbocycles. The molecular formula is C11H14N2O2S. The highest BCUT2D eigenvalue weighted by molar-refractivity contribution is 7.99. The highest BCUT2D eigenvalue weighted by Crippen LogP contribution is 2.35. The Labute approximate surface area is 98.4 Å². The molecule has 0 bridgehead atoms. The summed E-state index contributed by atoms with van der Waals surface area (Å²) in [5.74, 6) is 1.93. The molecule has 4 nitrogen and oxygen atoms in total. The fourth-order valence-corrected chi connectivity index (χ4v) is 2.57. The van der Waals surface area contributed by atoms with Crippen LogP contribution in [0.3, 0.4) is 0 Å². The van der Waals surface area contributed by atoms with Gasteiger partial charge in [-0.3, -0.25) is 10.1 Å². The second kappa shape index (κ2) is 4.74. The van der Waals surface area contributed by atoms with Crippen LogP contribution in [0.25, 0.3) is 0 Å². The fourth-order valence-electron chi connectivity index (χ4n) is 1.52. The van der Waals surface area contributed by atoms with Crippen LogP contribution in [-0.4, -0.2) is 10.7 Å². The zero-order valence-electron chi connectivity index (χ0n) is 8.89. The SMILES string of the molecule is Nc1ccc(SCCC2CC2)cc1[N+](=O)[O-]. The minimum absolute atomic E-state index is 0.0106. The first kappa shape index (κ1) is 11.3. The van der Waals surface area contributed by atoms with Gasteiger partial charge in [-0.15, -0.1) is 11.8 Å². The number of nitro benzene ring substituents is 1. The van der Waals surface area contributed by atoms with Crippen LogP contribution >= 0.6 is 11.8 Å². The lowest BCUT2D eigenvalue weighted by Gasteiger charge is -2.02. The molecule has 86 valence electrons. The van der Waals surface area contributed by atoms with Crippen LogP contribution in [0.4, 0.5) is 11.4 Å². The van der Waals surface area contributed by atoms with Gasteiger partial charge in [0.15, 0.2) is 0 Å². The molecule has 0 unspecified atom stereocenters. The molecular weight excluding hydrogens is 224 g/mol. The van der Waals surface area contributed by atoms with Gasteiger partial charge in [-0.05, 0) is 30.2 Å². The maximum Gasteiger partial charge on any atom is 0.293 e. The van der Waals surface area contributed by atoms with Gasteiger partial charge in [0.2, 0.25) is 0 Å². The number of benzene rings is 1. The van der Waals surface area contributed by atoms with Gasteiger partial charge >= 0.3 is 0 Å². The predicted molar refractivity (Wildman–Crippen MR) is 65.6 cm³/mol. The monoisotopic (exact) mass is 238 g/mol. The van der Waals surface area contributed by atoms with Crippen LogP contribution in [0, 0.1) is 16.0 Å². The lowest BCUT2D eigenvalue weighted by Crippen LogP contribution is -1.95. The van der Waals surface area contributed by atoms with E-state index in [-0.39, 0.29) is 11.4 Å². The van der Waals surface area contributed by atoms with Crippen molar-refractivity contribution < 1.29 is 4.92 Å². The zero-order chi connectivity index (χ0) is 11.5. The van der Waals surface area contributed by atoms with Crippen molar-refractivity contribution in [3.05, 3.63) is 28.3 Å². The highest BCUT2D eigenvalue weighted by Gasteiger charge is 2.20. The third kappa shape index (κ3) is 2.88. The summed E-state index contributed by atoms with van der Waals surface area (Å²) in [5, 5.41) is 10.7. The summed E-state index contributed by atoms with van der Waals surface area (Å²) in [7, 11) is 0. The van der Waals surface area contributed by atoms with E-state index in [2.05, 4.69) is 0 Å². The van der Waals surface area contributed by atoms with Crippen LogP contribution in [0.15, 0.2) is 23.1 Å². The Morgan fingerprint density at radius 2 is 2.25 bits per heavy atom. The number of nitrogen functional groups attached to an aromatic ring is 1. The number of anilines is 1. The standard InChI is InChI=1S/C11H14N2O2S/c12-10-4-3-9(7-11(10)13(14)15)16-6-5-8-1-2-8/h3-4,7-8H,1-2,5-6,12H2. The molecule has 0 amide bonds. The van der Waals surface area contributed by atoms with Gasteiger partial charge in [0.1, 0.15) is 5.69 Å². The molecule has 1 saturated carbocycles. The van der Waals surface area contributed by atoms with Gasteiger partial charge in [0.25, 0.3) is 5.69 Å². The molecule has 0 atom stereocenters. The molecule has 1 fully saturated rings. The maximum absolute atomic E-state index is 10.7. The molecule has 16 heavy (non-hydrogen) atoms. The summed E-state index contributed by atoms with van der Waals surface area (Å²) in [6, 6.07) is 5.02. The second-order valence-electron chi connectivity index (χ2n) is 4.06. The van der Waals surface area contributed by atoms with Crippen molar-refractivity contribution in [3.63, 3.8) is 0 Å². The quantitative estimate of drug-likeness (QED) is 0.370. The number of nitrogens with zero attached hydrogens (tertiary/aromatic N) is 1. The van der Waals surface area contributed by atoms with Gasteiger partial charge in [0.05, 0.1) is 4.92 Å². The summed E-state index contributed by atoms with van der Waals surface area (Å²) in [4.78, 5) is 11.2. The lowest BCUT2D eigenvalue weighted by molar-refractivity contribution is -0.384. The minimum atomic E-state index is -0.430. The van der Waals surface area contributed by atoms with Gasteiger partial charge in [-0.1, -0.05) is 12.8 Å². The number of nitrogens with two attached hydrogens (primary N) is 1. The van der Waals surface area contributed by atoms with E-state index in [4.69, 9.17) is 5.73 Å². The molecule has 2 N–H and O–H groups in total. The van der Waals surface area contributed by atoms with E-state index in [1.165, 1.54) is 19.3 Å². The van der Waals surface area contributed by atoms with E-state index in [9.17, 15) is 10.1 Å². The van der Waals surface area contributed by atoms with Crippen molar-refractivity contribution in [2.45, 2.75) is 24.2 Å². The second-order valence-corrected chi connectivity index (χ2v) is 5.23. The Morgan fingerprint density at radius 3 is 2.88 bits per heavy atom. The smallest absolute Gasteiger partial charge is 0.293 e. The average Bonchev–Trinajstić information content (AvgIpc) is 3.04. The van der Waals surface area contributed by atoms with Crippen molar-refractivity contribution in [3.8, 4) is 0 Å². The van der Waals surface area contributed by atoms with E-state index >= 15 is 0 Å². The van der Waals surface area contributed by atoms with Gasteiger partial charge in [-0.2, -0.15) is 0 Å². The fraction of sp³-hybridized carbons (Fsp3) is 0.455. The van der Waals surface area contributed by atoms with Crippen LogP contribution in [0.5, 0.6) is 0 Å². The van der Waals surface area contributed by atoms with Crippen molar-refractivity contribution in [2.24, 2.45) is 5.92 Å². The summed E-state index contributed by atoms with van der Waals surface area (Å²) < 4.78 is 0. The van der Waals surface area contributed by atoms with Crippen molar-refractivity contribution >= 4 is 23.1 Å². The third-order valence-corrected chi connectivity index (χ3v) is 3.72. The summed E-state index contributed by atoms with van der Waals surface area (Å²) in [6.45, 7) is 0. The molecule has 0 heterocycles. The molecule has 1 aliphatic carbocycles. The molecule has 0 saturated heterocycles. The van der Waals surface area contributed by atoms with E-state index in [0.29, 0.717) is 0 Å². The molecule has 1 aliphatic rings. The Kier molecular flexibility index (Phi) is 3.33. The normalized spacial score (nSPS) is 15.0. The number of nitro groups is 1. The number of rotatable bonds is 5. The highest BCUT2D eigenvalue weighted by atomic mass is 32.2. The Bertz CT molecular complexity index is 405. The molecule has 0 radical (unpaired) electrons. The first-order valence-corrected chi connectivity index (χ1v) is 6.32. The topological polar surface area (TPSA) is 69.2 Å². The van der Waals surface area contributed by atoms with Crippen LogP contribution in [0.1, 0.15) is 19.3 Å². The zero-order valence-corrected chi connectivity index (χ0v) is 9.70. The van der Waals surface area contributed by atoms with Gasteiger partial charge in [0, 0.05) is 11.0 Å². The van der Waals surface area contributed by atoms with E-state index in [1.807, 2.05) is 6.07 Å². The summed E-state index contributed by atoms with van der Waals surface area (Å²) in [5.41, 5.74) is 5.77. The summed E-state index contributed by atoms with van der Waals surface area (Å²) >= 11 is 1.67. The van der Waals surface area contributed by atoms with Gasteiger partial charge < -0.3 is 5.73 Å². The molecule has 1 aromatic rings. The lowest BCUT2D eigenvalue weighted by atomic mass is 10.3. The number of thioether (sulfide) groups is 1. The maximum atomic E-state index is 10.7. The Morgan fingerprint density at radius 1 is 1.50 bits per heavy atom. The number of hydrogen-bond acceptors (Lipinski definition) is 4. The molecule has 2 rings (SSSR count). The molecule has 0 aromatic heterocycles. The Balaban J connectivity index is 1.97. The van der Waals surface area contributed by atoms with Crippen LogP contribution in [-0.2, 0) is 0 Å². The summed E-state index contributed by atoms with van der Waals surface area (Å²) in [6.07, 6.45) is 3.91.